The molecule has 0 aromatic rings. The highest BCUT2D eigenvalue weighted by Crippen LogP contribution is 2.15. The van der Waals surface area contributed by atoms with Gasteiger partial charge < -0.3 is 19.9 Å². The summed E-state index contributed by atoms with van der Waals surface area (Å²) in [6.07, 6.45) is 5.07. The highest BCUT2D eigenvalue weighted by molar-refractivity contribution is 7.89. The summed E-state index contributed by atoms with van der Waals surface area (Å²) in [6, 6.07) is 0. The smallest absolute Gasteiger partial charge is 0.216 e. The predicted octanol–water partition coefficient (Wildman–Crippen LogP) is 1.45. The minimum atomic E-state index is -3.26. The van der Waals surface area contributed by atoms with Crippen molar-refractivity contribution >= 4 is 16.0 Å². The first kappa shape index (κ1) is 25.4. The number of piperazine rings is 1. The number of unbranched alkanes of at least 4 members (excludes halogenated alkanes) is 1. The molecule has 0 saturated carbocycles. The van der Waals surface area contributed by atoms with E-state index in [-0.39, 0.29) is 18.5 Å². The molecule has 2 heterocycles. The van der Waals surface area contributed by atoms with Gasteiger partial charge in [-0.1, -0.05) is 6.92 Å². The first-order valence-electron chi connectivity index (χ1n) is 11.6. The number of sulfonamides is 1. The molecular weight excluding hydrogens is 402 g/mol. The molecule has 2 aliphatic rings. The zero-order valence-corrected chi connectivity index (χ0v) is 20.3. The first-order valence-corrected chi connectivity index (χ1v) is 13.2. The molecule has 1 N–H and O–H groups in total. The van der Waals surface area contributed by atoms with E-state index in [2.05, 4.69) is 27.0 Å². The average molecular weight is 446 g/mol. The third-order valence-corrected chi connectivity index (χ3v) is 7.70. The fraction of sp³-hybridized carbons (Fsp3) is 0.952. The first-order chi connectivity index (χ1) is 14.3. The zero-order chi connectivity index (χ0) is 22.0. The molecule has 8 nitrogen and oxygen atoms in total. The molecule has 0 spiro atoms. The Morgan fingerprint density at radius 1 is 1.17 bits per heavy atom. The summed E-state index contributed by atoms with van der Waals surface area (Å²) < 4.78 is 32.0. The number of hydrogen-bond donors (Lipinski definition) is 1. The van der Waals surface area contributed by atoms with Gasteiger partial charge in [0.1, 0.15) is 0 Å². The van der Waals surface area contributed by atoms with Gasteiger partial charge in [0, 0.05) is 46.3 Å². The number of likely N-dealkylation sites (tertiary alicyclic amines) is 1. The van der Waals surface area contributed by atoms with Gasteiger partial charge in [-0.15, -0.1) is 0 Å². The fourth-order valence-corrected chi connectivity index (χ4v) is 5.46. The van der Waals surface area contributed by atoms with Gasteiger partial charge >= 0.3 is 0 Å². The number of aliphatic imine (C=N–C) groups is 1. The maximum absolute atomic E-state index is 12.5. The van der Waals surface area contributed by atoms with Gasteiger partial charge in [0.25, 0.3) is 0 Å². The summed E-state index contributed by atoms with van der Waals surface area (Å²) in [5.74, 6) is 1.76. The number of ether oxygens (including phenoxy) is 1. The molecule has 0 radical (unpaired) electrons. The van der Waals surface area contributed by atoms with E-state index >= 15 is 0 Å². The SMILES string of the molecule is CN=C(NCCCCN1CCCC(C)C1)N1CCN(S(=O)(=O)CCOC(C)C)CC1. The van der Waals surface area contributed by atoms with E-state index < -0.39 is 10.0 Å². The van der Waals surface area contributed by atoms with Gasteiger partial charge in [-0.2, -0.15) is 4.31 Å². The second-order valence-corrected chi connectivity index (χ2v) is 10.9. The van der Waals surface area contributed by atoms with Gasteiger partial charge in [-0.3, -0.25) is 4.99 Å². The van der Waals surface area contributed by atoms with Crippen molar-refractivity contribution in [1.82, 2.24) is 19.4 Å². The van der Waals surface area contributed by atoms with Crippen LogP contribution in [0.25, 0.3) is 0 Å². The van der Waals surface area contributed by atoms with Crippen molar-refractivity contribution in [3.8, 4) is 0 Å². The highest BCUT2D eigenvalue weighted by Gasteiger charge is 2.28. The van der Waals surface area contributed by atoms with Crippen LogP contribution in [0, 0.1) is 5.92 Å². The van der Waals surface area contributed by atoms with Crippen LogP contribution in [0.5, 0.6) is 0 Å². The Labute approximate surface area is 184 Å². The molecule has 2 fully saturated rings. The van der Waals surface area contributed by atoms with Crippen molar-refractivity contribution in [3.05, 3.63) is 0 Å². The Kier molecular flexibility index (Phi) is 10.8. The molecule has 176 valence electrons. The van der Waals surface area contributed by atoms with Crippen LogP contribution in [0.3, 0.4) is 0 Å². The van der Waals surface area contributed by atoms with Crippen molar-refractivity contribution < 1.29 is 13.2 Å². The third kappa shape index (κ3) is 8.69. The molecule has 2 saturated heterocycles. The van der Waals surface area contributed by atoms with Crippen LogP contribution in [0.15, 0.2) is 4.99 Å². The molecule has 0 amide bonds. The van der Waals surface area contributed by atoms with Crippen LogP contribution in [0.4, 0.5) is 0 Å². The summed E-state index contributed by atoms with van der Waals surface area (Å²) in [5, 5.41) is 3.46. The predicted molar refractivity (Wildman–Crippen MR) is 123 cm³/mol. The molecule has 9 heteroatoms. The van der Waals surface area contributed by atoms with Gasteiger partial charge in [-0.25, -0.2) is 8.42 Å². The van der Waals surface area contributed by atoms with E-state index in [0.717, 1.165) is 24.8 Å². The largest absolute Gasteiger partial charge is 0.378 e. The molecule has 0 aromatic heterocycles. The Hall–Kier alpha value is -0.900. The Balaban J connectivity index is 1.64. The lowest BCUT2D eigenvalue weighted by Gasteiger charge is -2.36. The Bertz CT molecular complexity index is 618. The summed E-state index contributed by atoms with van der Waals surface area (Å²) in [4.78, 5) is 9.15. The maximum atomic E-state index is 12.5. The monoisotopic (exact) mass is 445 g/mol. The molecule has 1 atom stereocenters. The summed E-state index contributed by atoms with van der Waals surface area (Å²) in [5.41, 5.74) is 0. The summed E-state index contributed by atoms with van der Waals surface area (Å²) in [7, 11) is -1.46. The average Bonchev–Trinajstić information content (AvgIpc) is 2.70. The van der Waals surface area contributed by atoms with Crippen LogP contribution in [-0.4, -0.2) is 106 Å². The van der Waals surface area contributed by atoms with Gasteiger partial charge in [-0.05, 0) is 58.5 Å². The molecule has 1 unspecified atom stereocenters. The van der Waals surface area contributed by atoms with Crippen molar-refractivity contribution in [2.45, 2.75) is 52.6 Å². The molecular formula is C21H43N5O3S. The van der Waals surface area contributed by atoms with E-state index in [0.29, 0.717) is 26.2 Å². The Morgan fingerprint density at radius 2 is 1.90 bits per heavy atom. The minimum Gasteiger partial charge on any atom is -0.378 e. The standard InChI is InChI=1S/C21H43N5O3S/c1-19(2)29-16-17-30(27,28)26-14-12-25(13-15-26)21(22-4)23-9-5-6-10-24-11-7-8-20(3)18-24/h19-20H,5-18H2,1-4H3,(H,22,23). The van der Waals surface area contributed by atoms with Gasteiger partial charge in [0.2, 0.25) is 10.0 Å². The minimum absolute atomic E-state index is 0.0496. The molecule has 2 aliphatic heterocycles. The van der Waals surface area contributed by atoms with E-state index in [1.54, 1.807) is 11.4 Å². The number of piperidine rings is 1. The van der Waals surface area contributed by atoms with E-state index in [4.69, 9.17) is 4.74 Å². The lowest BCUT2D eigenvalue weighted by Crippen LogP contribution is -2.54. The number of guanidine groups is 1. The van der Waals surface area contributed by atoms with Crippen LogP contribution >= 0.6 is 0 Å². The highest BCUT2D eigenvalue weighted by atomic mass is 32.2. The van der Waals surface area contributed by atoms with Crippen molar-refractivity contribution in [2.24, 2.45) is 10.9 Å². The third-order valence-electron chi connectivity index (χ3n) is 5.86. The molecule has 0 aromatic carbocycles. The van der Waals surface area contributed by atoms with E-state index in [1.807, 2.05) is 13.8 Å². The quantitative estimate of drug-likeness (QED) is 0.312. The van der Waals surface area contributed by atoms with Crippen molar-refractivity contribution in [1.29, 1.82) is 0 Å². The van der Waals surface area contributed by atoms with Crippen molar-refractivity contribution in [3.63, 3.8) is 0 Å². The van der Waals surface area contributed by atoms with Crippen LogP contribution in [0.1, 0.15) is 46.5 Å². The number of nitrogens with zero attached hydrogens (tertiary/aromatic N) is 4. The molecule has 30 heavy (non-hydrogen) atoms. The normalized spacial score (nSPS) is 22.6. The van der Waals surface area contributed by atoms with Crippen LogP contribution < -0.4 is 5.32 Å². The molecule has 0 bridgehead atoms. The van der Waals surface area contributed by atoms with Gasteiger partial charge in [0.15, 0.2) is 5.96 Å². The van der Waals surface area contributed by atoms with Crippen LogP contribution in [-0.2, 0) is 14.8 Å². The van der Waals surface area contributed by atoms with Crippen LogP contribution in [0.2, 0.25) is 0 Å². The summed E-state index contributed by atoms with van der Waals surface area (Å²) >= 11 is 0. The maximum Gasteiger partial charge on any atom is 0.216 e. The van der Waals surface area contributed by atoms with E-state index in [9.17, 15) is 8.42 Å². The summed E-state index contributed by atoms with van der Waals surface area (Å²) in [6.45, 7) is 13.3. The molecule has 0 aliphatic carbocycles. The number of nitrogens with one attached hydrogen (secondary N) is 1. The topological polar surface area (TPSA) is 77.5 Å². The number of rotatable bonds is 10. The van der Waals surface area contributed by atoms with E-state index in [1.165, 1.54) is 38.9 Å². The van der Waals surface area contributed by atoms with Gasteiger partial charge in [0.05, 0.1) is 18.5 Å². The number of hydrogen-bond acceptors (Lipinski definition) is 5. The zero-order valence-electron chi connectivity index (χ0n) is 19.5. The Morgan fingerprint density at radius 3 is 2.53 bits per heavy atom. The van der Waals surface area contributed by atoms with Crippen molar-refractivity contribution in [2.75, 3.05) is 71.8 Å². The molecule has 2 rings (SSSR count). The lowest BCUT2D eigenvalue weighted by molar-refractivity contribution is 0.0904. The second kappa shape index (κ2) is 12.8. The fourth-order valence-electron chi connectivity index (χ4n) is 4.18. The second-order valence-electron chi connectivity index (χ2n) is 8.85. The lowest BCUT2D eigenvalue weighted by atomic mass is 10.0.